The first-order chi connectivity index (χ1) is 7.79. The zero-order chi connectivity index (χ0) is 11.4. The molecule has 5 nitrogen and oxygen atoms in total. The summed E-state index contributed by atoms with van der Waals surface area (Å²) < 4.78 is 1.74. The van der Waals surface area contributed by atoms with Crippen LogP contribution >= 0.6 is 0 Å². The molecule has 0 saturated heterocycles. The Bertz CT molecular complexity index is 463. The first kappa shape index (κ1) is 10.6. The lowest BCUT2D eigenvalue weighted by Crippen LogP contribution is -2.07. The molecule has 0 unspecified atom stereocenters. The minimum absolute atomic E-state index is 0.646. The Balaban J connectivity index is 2.22. The molecule has 5 heteroatoms. The summed E-state index contributed by atoms with van der Waals surface area (Å²) in [7, 11) is 0. The highest BCUT2D eigenvalue weighted by Gasteiger charge is 2.01. The van der Waals surface area contributed by atoms with Crippen molar-refractivity contribution in [1.82, 2.24) is 19.7 Å². The number of aromatic nitrogens is 4. The highest BCUT2D eigenvalue weighted by atomic mass is 15.3. The van der Waals surface area contributed by atoms with Crippen molar-refractivity contribution in [3.8, 4) is 5.82 Å². The van der Waals surface area contributed by atoms with E-state index in [9.17, 15) is 0 Å². The second kappa shape index (κ2) is 4.74. The molecule has 0 bridgehead atoms. The van der Waals surface area contributed by atoms with Gasteiger partial charge in [0, 0.05) is 25.0 Å². The van der Waals surface area contributed by atoms with Gasteiger partial charge in [-0.1, -0.05) is 6.92 Å². The second-order valence-corrected chi connectivity index (χ2v) is 3.57. The topological polar surface area (TPSA) is 55.6 Å². The van der Waals surface area contributed by atoms with E-state index in [1.165, 1.54) is 0 Å². The largest absolute Gasteiger partial charge is 0.354 e. The van der Waals surface area contributed by atoms with Crippen LogP contribution in [0.15, 0.2) is 24.5 Å². The minimum Gasteiger partial charge on any atom is -0.354 e. The smallest absolute Gasteiger partial charge is 0.224 e. The third kappa shape index (κ3) is 2.36. The summed E-state index contributed by atoms with van der Waals surface area (Å²) >= 11 is 0. The first-order valence-corrected chi connectivity index (χ1v) is 5.39. The fourth-order valence-corrected chi connectivity index (χ4v) is 1.34. The molecule has 2 aromatic heterocycles. The van der Waals surface area contributed by atoms with Crippen LogP contribution in [0.25, 0.3) is 5.82 Å². The molecule has 0 aliphatic heterocycles. The molecule has 1 N–H and O–H groups in total. The van der Waals surface area contributed by atoms with Crippen molar-refractivity contribution in [3.05, 3.63) is 30.2 Å². The van der Waals surface area contributed by atoms with Crippen molar-refractivity contribution < 1.29 is 0 Å². The van der Waals surface area contributed by atoms with Gasteiger partial charge in [0.25, 0.3) is 0 Å². The van der Waals surface area contributed by atoms with Crippen LogP contribution in [-0.2, 0) is 0 Å². The normalized spacial score (nSPS) is 10.4. The Morgan fingerprint density at radius 2 is 2.25 bits per heavy atom. The molecule has 0 saturated carbocycles. The van der Waals surface area contributed by atoms with Crippen molar-refractivity contribution in [3.63, 3.8) is 0 Å². The van der Waals surface area contributed by atoms with Gasteiger partial charge >= 0.3 is 0 Å². The fourth-order valence-electron chi connectivity index (χ4n) is 1.34. The van der Waals surface area contributed by atoms with Crippen molar-refractivity contribution in [2.45, 2.75) is 20.3 Å². The molecular weight excluding hydrogens is 202 g/mol. The molecule has 0 aliphatic rings. The molecule has 2 heterocycles. The number of anilines is 1. The minimum atomic E-state index is 0.646. The van der Waals surface area contributed by atoms with E-state index >= 15 is 0 Å². The third-order valence-corrected chi connectivity index (χ3v) is 2.13. The van der Waals surface area contributed by atoms with Crippen LogP contribution in [-0.4, -0.2) is 26.3 Å². The van der Waals surface area contributed by atoms with Crippen molar-refractivity contribution in [2.75, 3.05) is 11.9 Å². The highest BCUT2D eigenvalue weighted by Crippen LogP contribution is 2.06. The van der Waals surface area contributed by atoms with Crippen molar-refractivity contribution >= 4 is 5.95 Å². The van der Waals surface area contributed by atoms with Crippen LogP contribution in [0.1, 0.15) is 19.0 Å². The average molecular weight is 217 g/mol. The summed E-state index contributed by atoms with van der Waals surface area (Å²) in [5, 5.41) is 7.45. The van der Waals surface area contributed by atoms with Crippen molar-refractivity contribution in [1.29, 1.82) is 0 Å². The van der Waals surface area contributed by atoms with E-state index in [2.05, 4.69) is 27.3 Å². The van der Waals surface area contributed by atoms with Crippen LogP contribution in [0.2, 0.25) is 0 Å². The zero-order valence-electron chi connectivity index (χ0n) is 9.51. The van der Waals surface area contributed by atoms with Gasteiger partial charge in [0.15, 0.2) is 5.82 Å². The number of hydrogen-bond acceptors (Lipinski definition) is 4. The van der Waals surface area contributed by atoms with E-state index in [0.29, 0.717) is 5.95 Å². The number of hydrogen-bond donors (Lipinski definition) is 1. The molecule has 0 spiro atoms. The number of nitrogens with zero attached hydrogens (tertiary/aromatic N) is 4. The molecule has 0 radical (unpaired) electrons. The van der Waals surface area contributed by atoms with E-state index in [0.717, 1.165) is 24.5 Å². The molecule has 0 aromatic carbocycles. The number of rotatable bonds is 4. The molecule has 84 valence electrons. The number of nitrogens with one attached hydrogen (secondary N) is 1. The maximum absolute atomic E-state index is 4.37. The Hall–Kier alpha value is -1.91. The predicted molar refractivity (Wildman–Crippen MR) is 62.7 cm³/mol. The molecule has 0 atom stereocenters. The summed E-state index contributed by atoms with van der Waals surface area (Å²) in [6.07, 6.45) is 4.67. The van der Waals surface area contributed by atoms with E-state index in [-0.39, 0.29) is 0 Å². The maximum Gasteiger partial charge on any atom is 0.224 e. The monoisotopic (exact) mass is 217 g/mol. The average Bonchev–Trinajstić information content (AvgIpc) is 2.74. The molecule has 0 fully saturated rings. The Kier molecular flexibility index (Phi) is 3.14. The zero-order valence-corrected chi connectivity index (χ0v) is 9.51. The van der Waals surface area contributed by atoms with Gasteiger partial charge in [0.05, 0.1) is 5.69 Å². The fraction of sp³-hybridized carbons (Fsp3) is 0.364. The van der Waals surface area contributed by atoms with Gasteiger partial charge in [-0.3, -0.25) is 0 Å². The van der Waals surface area contributed by atoms with Crippen LogP contribution in [0.5, 0.6) is 0 Å². The van der Waals surface area contributed by atoms with E-state index < -0.39 is 0 Å². The van der Waals surface area contributed by atoms with Gasteiger partial charge in [0.1, 0.15) is 0 Å². The Labute approximate surface area is 94.5 Å². The van der Waals surface area contributed by atoms with Gasteiger partial charge in [-0.05, 0) is 19.4 Å². The molecule has 0 aliphatic carbocycles. The molecule has 2 aromatic rings. The highest BCUT2D eigenvalue weighted by molar-refractivity contribution is 5.31. The summed E-state index contributed by atoms with van der Waals surface area (Å²) in [5.41, 5.74) is 0.974. The first-order valence-electron chi connectivity index (χ1n) is 5.39. The van der Waals surface area contributed by atoms with Crippen LogP contribution in [0.4, 0.5) is 5.95 Å². The molecule has 2 rings (SSSR count). The van der Waals surface area contributed by atoms with Crippen LogP contribution in [0.3, 0.4) is 0 Å². The summed E-state index contributed by atoms with van der Waals surface area (Å²) in [4.78, 5) is 8.52. The van der Waals surface area contributed by atoms with E-state index in [4.69, 9.17) is 0 Å². The van der Waals surface area contributed by atoms with Gasteiger partial charge in [0.2, 0.25) is 5.95 Å². The lowest BCUT2D eigenvalue weighted by atomic mass is 10.5. The Morgan fingerprint density at radius 3 is 2.94 bits per heavy atom. The standard InChI is InChI=1S/C11H15N5/c1-3-6-12-11-13-7-4-10(14-11)16-8-5-9(2)15-16/h4-5,7-8H,3,6H2,1-2H3,(H,12,13,14). The summed E-state index contributed by atoms with van der Waals surface area (Å²) in [5.74, 6) is 1.43. The lowest BCUT2D eigenvalue weighted by Gasteiger charge is -2.04. The van der Waals surface area contributed by atoms with E-state index in [1.807, 2.05) is 25.3 Å². The summed E-state index contributed by atoms with van der Waals surface area (Å²) in [6.45, 7) is 4.93. The SMILES string of the molecule is CCCNc1nccc(-n2ccc(C)n2)n1. The van der Waals surface area contributed by atoms with Crippen LogP contribution < -0.4 is 5.32 Å². The van der Waals surface area contributed by atoms with Crippen LogP contribution in [0, 0.1) is 6.92 Å². The maximum atomic E-state index is 4.37. The second-order valence-electron chi connectivity index (χ2n) is 3.57. The molecule has 0 amide bonds. The quantitative estimate of drug-likeness (QED) is 0.848. The lowest BCUT2D eigenvalue weighted by molar-refractivity contribution is 0.824. The van der Waals surface area contributed by atoms with Gasteiger partial charge < -0.3 is 5.32 Å². The molecular formula is C11H15N5. The number of aryl methyl sites for hydroxylation is 1. The van der Waals surface area contributed by atoms with E-state index in [1.54, 1.807) is 10.9 Å². The summed E-state index contributed by atoms with van der Waals surface area (Å²) in [6, 6.07) is 3.78. The predicted octanol–water partition coefficient (Wildman–Crippen LogP) is 1.79. The van der Waals surface area contributed by atoms with Crippen molar-refractivity contribution in [2.24, 2.45) is 0 Å². The van der Waals surface area contributed by atoms with Gasteiger partial charge in [-0.25, -0.2) is 9.67 Å². The third-order valence-electron chi connectivity index (χ3n) is 2.13. The van der Waals surface area contributed by atoms with Gasteiger partial charge in [-0.2, -0.15) is 10.1 Å². The van der Waals surface area contributed by atoms with Gasteiger partial charge in [-0.15, -0.1) is 0 Å². The molecule has 16 heavy (non-hydrogen) atoms. The Morgan fingerprint density at radius 1 is 1.38 bits per heavy atom.